The van der Waals surface area contributed by atoms with Crippen LogP contribution in [0.15, 0.2) is 60.7 Å². The second-order valence-electron chi connectivity index (χ2n) is 7.52. The number of rotatable bonds is 4. The number of carbonyl (C=O) groups excluding carboxylic acids is 1. The summed E-state index contributed by atoms with van der Waals surface area (Å²) in [4.78, 5) is 17.0. The van der Waals surface area contributed by atoms with E-state index in [-0.39, 0.29) is 17.6 Å². The maximum atomic E-state index is 13.0. The Morgan fingerprint density at radius 3 is 2.00 bits per heavy atom. The van der Waals surface area contributed by atoms with Gasteiger partial charge in [0.2, 0.25) is 0 Å². The molecular weight excluding hydrogens is 296 g/mol. The maximum Gasteiger partial charge on any atom is 0.321 e. The topological polar surface area (TPSA) is 23.6 Å². The summed E-state index contributed by atoms with van der Waals surface area (Å²) in [5.41, 5.74) is 2.31. The van der Waals surface area contributed by atoms with Crippen molar-refractivity contribution in [1.29, 1.82) is 0 Å². The summed E-state index contributed by atoms with van der Waals surface area (Å²) in [6.45, 7) is 7.78. The normalized spacial score (nSPS) is 18.3. The van der Waals surface area contributed by atoms with Gasteiger partial charge in [-0.3, -0.25) is 0 Å². The second kappa shape index (κ2) is 6.68. The summed E-state index contributed by atoms with van der Waals surface area (Å²) in [6, 6.07) is 21.1. The van der Waals surface area contributed by atoms with Crippen LogP contribution in [0.1, 0.15) is 31.9 Å². The summed E-state index contributed by atoms with van der Waals surface area (Å²) in [7, 11) is 0. The minimum absolute atomic E-state index is 0.146. The SMILES string of the molecule is CC(C)(C)N1C[C@H](Cc2ccccc2)N(Cc2ccccc2)C1=O. The Hall–Kier alpha value is -2.29. The van der Waals surface area contributed by atoms with Crippen LogP contribution in [0.4, 0.5) is 4.79 Å². The lowest BCUT2D eigenvalue weighted by atomic mass is 10.0. The van der Waals surface area contributed by atoms with E-state index in [1.54, 1.807) is 0 Å². The Kier molecular flexibility index (Phi) is 4.61. The van der Waals surface area contributed by atoms with Gasteiger partial charge in [0.25, 0.3) is 0 Å². The summed E-state index contributed by atoms with van der Waals surface area (Å²) in [5.74, 6) is 0. The highest BCUT2D eigenvalue weighted by Gasteiger charge is 2.41. The van der Waals surface area contributed by atoms with Crippen LogP contribution in [0.2, 0.25) is 0 Å². The fourth-order valence-corrected chi connectivity index (χ4v) is 3.30. The van der Waals surface area contributed by atoms with Crippen molar-refractivity contribution in [1.82, 2.24) is 9.80 Å². The van der Waals surface area contributed by atoms with Crippen molar-refractivity contribution in [2.45, 2.75) is 45.3 Å². The third kappa shape index (κ3) is 3.61. The molecule has 1 saturated heterocycles. The molecule has 2 aromatic rings. The molecule has 0 N–H and O–H groups in total. The van der Waals surface area contributed by atoms with Gasteiger partial charge in [0.15, 0.2) is 0 Å². The van der Waals surface area contributed by atoms with Crippen LogP contribution in [0.3, 0.4) is 0 Å². The Labute approximate surface area is 144 Å². The monoisotopic (exact) mass is 322 g/mol. The fraction of sp³-hybridized carbons (Fsp3) is 0.381. The molecule has 1 heterocycles. The van der Waals surface area contributed by atoms with Gasteiger partial charge < -0.3 is 9.80 Å². The number of urea groups is 1. The van der Waals surface area contributed by atoms with E-state index < -0.39 is 0 Å². The Morgan fingerprint density at radius 2 is 1.46 bits per heavy atom. The van der Waals surface area contributed by atoms with Crippen LogP contribution in [0, 0.1) is 0 Å². The highest BCUT2D eigenvalue weighted by atomic mass is 16.2. The van der Waals surface area contributed by atoms with Crippen molar-refractivity contribution >= 4 is 6.03 Å². The summed E-state index contributed by atoms with van der Waals surface area (Å²) in [6.07, 6.45) is 0.895. The van der Waals surface area contributed by atoms with E-state index in [4.69, 9.17) is 0 Å². The molecule has 0 spiro atoms. The van der Waals surface area contributed by atoms with Gasteiger partial charge in [0, 0.05) is 18.6 Å². The third-order valence-electron chi connectivity index (χ3n) is 4.63. The van der Waals surface area contributed by atoms with E-state index in [0.29, 0.717) is 6.54 Å². The number of carbonyl (C=O) groups is 1. The quantitative estimate of drug-likeness (QED) is 0.821. The van der Waals surface area contributed by atoms with E-state index in [1.807, 2.05) is 34.1 Å². The smallest absolute Gasteiger partial charge is 0.318 e. The first-order valence-corrected chi connectivity index (χ1v) is 8.61. The van der Waals surface area contributed by atoms with Crippen LogP contribution in [0.5, 0.6) is 0 Å². The van der Waals surface area contributed by atoms with Crippen LogP contribution < -0.4 is 0 Å². The van der Waals surface area contributed by atoms with E-state index in [0.717, 1.165) is 13.0 Å². The molecule has 1 aliphatic rings. The van der Waals surface area contributed by atoms with E-state index in [2.05, 4.69) is 57.2 Å². The lowest BCUT2D eigenvalue weighted by molar-refractivity contribution is 0.154. The van der Waals surface area contributed by atoms with Gasteiger partial charge in [-0.15, -0.1) is 0 Å². The van der Waals surface area contributed by atoms with Crippen molar-refractivity contribution in [2.24, 2.45) is 0 Å². The highest BCUT2D eigenvalue weighted by molar-refractivity contribution is 5.78. The molecule has 3 heteroatoms. The van der Waals surface area contributed by atoms with Gasteiger partial charge in [0.05, 0.1) is 6.04 Å². The van der Waals surface area contributed by atoms with E-state index >= 15 is 0 Å². The zero-order valence-corrected chi connectivity index (χ0v) is 14.8. The van der Waals surface area contributed by atoms with E-state index in [1.165, 1.54) is 11.1 Å². The zero-order chi connectivity index (χ0) is 17.2. The molecule has 3 rings (SSSR count). The average Bonchev–Trinajstić information content (AvgIpc) is 2.86. The first kappa shape index (κ1) is 16.6. The zero-order valence-electron chi connectivity index (χ0n) is 14.8. The Morgan fingerprint density at radius 1 is 0.917 bits per heavy atom. The van der Waals surface area contributed by atoms with Gasteiger partial charge in [-0.25, -0.2) is 4.79 Å². The molecule has 0 aliphatic carbocycles. The minimum Gasteiger partial charge on any atom is -0.318 e. The van der Waals surface area contributed by atoms with Crippen molar-refractivity contribution < 1.29 is 4.79 Å². The van der Waals surface area contributed by atoms with E-state index in [9.17, 15) is 4.79 Å². The molecule has 0 saturated carbocycles. The molecule has 126 valence electrons. The molecular formula is C21H26N2O. The molecule has 1 fully saturated rings. The van der Waals surface area contributed by atoms with Gasteiger partial charge in [-0.2, -0.15) is 0 Å². The predicted molar refractivity (Wildman–Crippen MR) is 97.8 cm³/mol. The second-order valence-corrected chi connectivity index (χ2v) is 7.52. The molecule has 3 nitrogen and oxygen atoms in total. The van der Waals surface area contributed by atoms with Gasteiger partial charge >= 0.3 is 6.03 Å². The van der Waals surface area contributed by atoms with Crippen molar-refractivity contribution in [2.75, 3.05) is 6.54 Å². The summed E-state index contributed by atoms with van der Waals surface area (Å²) >= 11 is 0. The number of hydrogen-bond donors (Lipinski definition) is 0. The Balaban J connectivity index is 1.84. The number of amides is 2. The summed E-state index contributed by atoms with van der Waals surface area (Å²) < 4.78 is 0. The predicted octanol–water partition coefficient (Wildman–Crippen LogP) is 4.33. The lowest BCUT2D eigenvalue weighted by Gasteiger charge is -2.31. The molecule has 24 heavy (non-hydrogen) atoms. The average molecular weight is 322 g/mol. The van der Waals surface area contributed by atoms with Crippen molar-refractivity contribution in [3.8, 4) is 0 Å². The highest BCUT2D eigenvalue weighted by Crippen LogP contribution is 2.28. The van der Waals surface area contributed by atoms with Crippen molar-refractivity contribution in [3.63, 3.8) is 0 Å². The lowest BCUT2D eigenvalue weighted by Crippen LogP contribution is -2.44. The Bertz CT molecular complexity index is 676. The number of hydrogen-bond acceptors (Lipinski definition) is 1. The number of nitrogens with zero attached hydrogens (tertiary/aromatic N) is 2. The van der Waals surface area contributed by atoms with Crippen LogP contribution in [-0.2, 0) is 13.0 Å². The first-order valence-electron chi connectivity index (χ1n) is 8.61. The number of benzene rings is 2. The minimum atomic E-state index is -0.155. The fourth-order valence-electron chi connectivity index (χ4n) is 3.30. The van der Waals surface area contributed by atoms with Gasteiger partial charge in [-0.1, -0.05) is 60.7 Å². The van der Waals surface area contributed by atoms with Crippen LogP contribution >= 0.6 is 0 Å². The molecule has 0 bridgehead atoms. The molecule has 2 amide bonds. The molecule has 0 aromatic heterocycles. The standard InChI is InChI=1S/C21H26N2O/c1-21(2,3)23-16-19(14-17-10-6-4-7-11-17)22(20(23)24)15-18-12-8-5-9-13-18/h4-13,19H,14-16H2,1-3H3/t19-/m0/s1. The first-order chi connectivity index (χ1) is 11.4. The molecule has 1 atom stereocenters. The van der Waals surface area contributed by atoms with Crippen LogP contribution in [-0.4, -0.2) is 34.0 Å². The van der Waals surface area contributed by atoms with Crippen LogP contribution in [0.25, 0.3) is 0 Å². The van der Waals surface area contributed by atoms with Gasteiger partial charge in [-0.05, 0) is 38.3 Å². The largest absolute Gasteiger partial charge is 0.321 e. The molecule has 2 aromatic carbocycles. The summed E-state index contributed by atoms with van der Waals surface area (Å²) in [5, 5.41) is 0. The maximum absolute atomic E-state index is 13.0. The third-order valence-corrected chi connectivity index (χ3v) is 4.63. The molecule has 0 unspecified atom stereocenters. The molecule has 1 aliphatic heterocycles. The van der Waals surface area contributed by atoms with Crippen molar-refractivity contribution in [3.05, 3.63) is 71.8 Å². The molecule has 0 radical (unpaired) electrons. The van der Waals surface area contributed by atoms with Gasteiger partial charge in [0.1, 0.15) is 0 Å².